The first-order chi connectivity index (χ1) is 9.40. The molecule has 0 heterocycles. The highest BCUT2D eigenvalue weighted by Crippen LogP contribution is 2.29. The predicted molar refractivity (Wildman–Crippen MR) is 67.3 cm³/mol. The van der Waals surface area contributed by atoms with Crippen molar-refractivity contribution in [1.82, 2.24) is 5.32 Å². The average molecular weight is 285 g/mol. The molecule has 1 aliphatic rings. The van der Waals surface area contributed by atoms with Crippen LogP contribution in [0.25, 0.3) is 0 Å². The number of rotatable bonds is 5. The molecule has 6 nitrogen and oxygen atoms in total. The lowest BCUT2D eigenvalue weighted by Gasteiger charge is -2.15. The van der Waals surface area contributed by atoms with Crippen LogP contribution in [0, 0.1) is 21.7 Å². The highest BCUT2D eigenvalue weighted by atomic mass is 19.2. The Hall–Kier alpha value is -2.25. The number of halogens is 2. The van der Waals surface area contributed by atoms with Crippen molar-refractivity contribution in [2.24, 2.45) is 0 Å². The summed E-state index contributed by atoms with van der Waals surface area (Å²) in [5, 5.41) is 15.8. The number of carbonyl (C=O) groups excluding carboxylic acids is 1. The number of nitro benzene ring substituents is 1. The molecule has 8 heteroatoms. The molecule has 0 aromatic heterocycles. The Balaban J connectivity index is 2.20. The van der Waals surface area contributed by atoms with Crippen molar-refractivity contribution < 1.29 is 18.5 Å². The van der Waals surface area contributed by atoms with Crippen LogP contribution in [0.1, 0.15) is 19.8 Å². The van der Waals surface area contributed by atoms with Gasteiger partial charge < -0.3 is 10.6 Å². The maximum Gasteiger partial charge on any atom is 0.295 e. The minimum absolute atomic E-state index is 0.110. The van der Waals surface area contributed by atoms with E-state index in [1.165, 1.54) is 6.92 Å². The third kappa shape index (κ3) is 3.01. The van der Waals surface area contributed by atoms with Gasteiger partial charge in [0.25, 0.3) is 5.69 Å². The van der Waals surface area contributed by atoms with Crippen molar-refractivity contribution in [3.8, 4) is 0 Å². The zero-order chi connectivity index (χ0) is 14.9. The van der Waals surface area contributed by atoms with Gasteiger partial charge in [0.2, 0.25) is 5.91 Å². The lowest BCUT2D eigenvalue weighted by atomic mass is 10.2. The zero-order valence-electron chi connectivity index (χ0n) is 10.7. The summed E-state index contributed by atoms with van der Waals surface area (Å²) < 4.78 is 26.8. The van der Waals surface area contributed by atoms with E-state index < -0.39 is 39.9 Å². The Labute approximate surface area is 113 Å². The quantitative estimate of drug-likeness (QED) is 0.639. The molecule has 1 amide bonds. The molecule has 0 aliphatic heterocycles. The summed E-state index contributed by atoms with van der Waals surface area (Å²) in [7, 11) is 0. The molecule has 2 N–H and O–H groups in total. The van der Waals surface area contributed by atoms with E-state index in [1.807, 2.05) is 0 Å². The Morgan fingerprint density at radius 3 is 2.65 bits per heavy atom. The molecule has 1 aromatic rings. The predicted octanol–water partition coefficient (Wildman–Crippen LogP) is 1.95. The van der Waals surface area contributed by atoms with E-state index in [0.717, 1.165) is 18.9 Å². The van der Waals surface area contributed by atoms with Gasteiger partial charge in [-0.2, -0.15) is 0 Å². The summed E-state index contributed by atoms with van der Waals surface area (Å²) in [5.74, 6) is -3.00. The summed E-state index contributed by atoms with van der Waals surface area (Å²) in [4.78, 5) is 21.7. The van der Waals surface area contributed by atoms with Gasteiger partial charge in [-0.3, -0.25) is 14.9 Å². The number of nitrogens with one attached hydrogen (secondary N) is 2. The first-order valence-corrected chi connectivity index (χ1v) is 6.09. The molecule has 0 spiro atoms. The van der Waals surface area contributed by atoms with Gasteiger partial charge >= 0.3 is 0 Å². The van der Waals surface area contributed by atoms with Gasteiger partial charge in [-0.15, -0.1) is 0 Å². The van der Waals surface area contributed by atoms with Crippen LogP contribution in [0.15, 0.2) is 12.1 Å². The summed E-state index contributed by atoms with van der Waals surface area (Å²) in [6.07, 6.45) is 1.76. The number of nitro groups is 1. The second-order valence-corrected chi connectivity index (χ2v) is 4.66. The molecule has 0 radical (unpaired) electrons. The molecule has 1 unspecified atom stereocenters. The fraction of sp³-hybridized carbons (Fsp3) is 0.417. The molecule has 1 aliphatic carbocycles. The molecular formula is C12H13F2N3O3. The lowest BCUT2D eigenvalue weighted by molar-refractivity contribution is -0.384. The topological polar surface area (TPSA) is 84.3 Å². The maximum absolute atomic E-state index is 13.6. The molecule has 108 valence electrons. The van der Waals surface area contributed by atoms with Crippen molar-refractivity contribution in [2.75, 3.05) is 5.32 Å². The van der Waals surface area contributed by atoms with Gasteiger partial charge in [0.15, 0.2) is 17.3 Å². The largest absolute Gasteiger partial charge is 0.366 e. The first-order valence-electron chi connectivity index (χ1n) is 6.09. The molecule has 1 saturated carbocycles. The van der Waals surface area contributed by atoms with E-state index in [9.17, 15) is 23.7 Å². The van der Waals surface area contributed by atoms with E-state index in [2.05, 4.69) is 10.6 Å². The Kier molecular flexibility index (Phi) is 3.82. The van der Waals surface area contributed by atoms with Crippen LogP contribution in [-0.2, 0) is 4.79 Å². The SMILES string of the molecule is CC(Nc1c([N+](=O)[O-])ccc(F)c1F)C(=O)NC1CC1. The van der Waals surface area contributed by atoms with Crippen LogP contribution in [0.5, 0.6) is 0 Å². The molecular weight excluding hydrogens is 272 g/mol. The van der Waals surface area contributed by atoms with E-state index >= 15 is 0 Å². The summed E-state index contributed by atoms with van der Waals surface area (Å²) in [6, 6.07) is 0.726. The first kappa shape index (κ1) is 14.2. The fourth-order valence-electron chi connectivity index (χ4n) is 1.67. The number of benzene rings is 1. The third-order valence-corrected chi connectivity index (χ3v) is 2.95. The standard InChI is InChI=1S/C12H13F2N3O3/c1-6(12(18)16-7-2-3-7)15-11-9(17(19)20)5-4-8(13)10(11)14/h4-7,15H,2-3H2,1H3,(H,16,18). The van der Waals surface area contributed by atoms with Gasteiger partial charge in [0.1, 0.15) is 6.04 Å². The molecule has 0 bridgehead atoms. The summed E-state index contributed by atoms with van der Waals surface area (Å²) >= 11 is 0. The molecule has 2 rings (SSSR count). The number of nitrogens with zero attached hydrogens (tertiary/aromatic N) is 1. The number of anilines is 1. The number of carbonyl (C=O) groups is 1. The van der Waals surface area contributed by atoms with Crippen molar-refractivity contribution >= 4 is 17.3 Å². The normalized spacial score (nSPS) is 15.6. The van der Waals surface area contributed by atoms with Crippen molar-refractivity contribution in [3.63, 3.8) is 0 Å². The van der Waals surface area contributed by atoms with Crippen LogP contribution < -0.4 is 10.6 Å². The summed E-state index contributed by atoms with van der Waals surface area (Å²) in [6.45, 7) is 1.42. The van der Waals surface area contributed by atoms with Gasteiger partial charge in [-0.25, -0.2) is 8.78 Å². The van der Waals surface area contributed by atoms with E-state index in [1.54, 1.807) is 0 Å². The van der Waals surface area contributed by atoms with Crippen LogP contribution in [0.2, 0.25) is 0 Å². The Morgan fingerprint density at radius 1 is 1.45 bits per heavy atom. The number of hydrogen-bond donors (Lipinski definition) is 2. The van der Waals surface area contributed by atoms with Crippen molar-refractivity contribution in [2.45, 2.75) is 31.8 Å². The smallest absolute Gasteiger partial charge is 0.295 e. The van der Waals surface area contributed by atoms with Gasteiger partial charge in [0, 0.05) is 12.1 Å². The number of hydrogen-bond acceptors (Lipinski definition) is 4. The Morgan fingerprint density at radius 2 is 2.10 bits per heavy atom. The van der Waals surface area contributed by atoms with Gasteiger partial charge in [0.05, 0.1) is 4.92 Å². The highest BCUT2D eigenvalue weighted by molar-refractivity contribution is 5.85. The minimum Gasteiger partial charge on any atom is -0.366 e. The molecule has 20 heavy (non-hydrogen) atoms. The molecule has 1 fully saturated rings. The summed E-state index contributed by atoms with van der Waals surface area (Å²) in [5.41, 5.74) is -1.23. The van der Waals surface area contributed by atoms with E-state index in [-0.39, 0.29) is 6.04 Å². The third-order valence-electron chi connectivity index (χ3n) is 2.95. The van der Waals surface area contributed by atoms with Crippen LogP contribution in [0.3, 0.4) is 0 Å². The zero-order valence-corrected chi connectivity index (χ0v) is 10.7. The van der Waals surface area contributed by atoms with Crippen molar-refractivity contribution in [1.29, 1.82) is 0 Å². The highest BCUT2D eigenvalue weighted by Gasteiger charge is 2.28. The van der Waals surface area contributed by atoms with Crippen LogP contribution in [0.4, 0.5) is 20.2 Å². The van der Waals surface area contributed by atoms with Gasteiger partial charge in [-0.1, -0.05) is 0 Å². The average Bonchev–Trinajstić information content (AvgIpc) is 3.18. The monoisotopic (exact) mass is 285 g/mol. The molecule has 1 aromatic carbocycles. The molecule has 0 saturated heterocycles. The van der Waals surface area contributed by atoms with Crippen LogP contribution in [-0.4, -0.2) is 22.9 Å². The maximum atomic E-state index is 13.6. The fourth-order valence-corrected chi connectivity index (χ4v) is 1.67. The van der Waals surface area contributed by atoms with Gasteiger partial charge in [-0.05, 0) is 25.8 Å². The minimum atomic E-state index is -1.37. The van der Waals surface area contributed by atoms with Crippen molar-refractivity contribution in [3.05, 3.63) is 33.9 Å². The van der Waals surface area contributed by atoms with Crippen LogP contribution >= 0.6 is 0 Å². The Bertz CT molecular complexity index is 561. The lowest BCUT2D eigenvalue weighted by Crippen LogP contribution is -2.39. The second-order valence-electron chi connectivity index (χ2n) is 4.66. The van der Waals surface area contributed by atoms with E-state index in [4.69, 9.17) is 0 Å². The number of amides is 1. The molecule has 1 atom stereocenters. The van der Waals surface area contributed by atoms with E-state index in [0.29, 0.717) is 6.07 Å². The second kappa shape index (κ2) is 5.40.